The van der Waals surface area contributed by atoms with Crippen molar-refractivity contribution in [1.29, 1.82) is 0 Å². The standard InChI is InChI=1S/C12H13ClN2O3S/c1-2-15-9-14-7-10(15)8-18-11-3-5-12(6-4-11)19(13,16)17/h3-7,9H,2,8H2,1H3. The van der Waals surface area contributed by atoms with E-state index >= 15 is 0 Å². The fourth-order valence-electron chi connectivity index (χ4n) is 1.61. The summed E-state index contributed by atoms with van der Waals surface area (Å²) < 4.78 is 29.7. The summed E-state index contributed by atoms with van der Waals surface area (Å²) in [6.45, 7) is 3.22. The van der Waals surface area contributed by atoms with Gasteiger partial charge in [-0.05, 0) is 31.2 Å². The monoisotopic (exact) mass is 300 g/mol. The van der Waals surface area contributed by atoms with Gasteiger partial charge in [0.1, 0.15) is 12.4 Å². The van der Waals surface area contributed by atoms with Crippen LogP contribution in [0.1, 0.15) is 12.6 Å². The summed E-state index contributed by atoms with van der Waals surface area (Å²) in [5, 5.41) is 0. The fourth-order valence-corrected chi connectivity index (χ4v) is 2.38. The van der Waals surface area contributed by atoms with Gasteiger partial charge in [-0.1, -0.05) is 0 Å². The molecule has 0 bridgehead atoms. The van der Waals surface area contributed by atoms with E-state index in [2.05, 4.69) is 4.98 Å². The summed E-state index contributed by atoms with van der Waals surface area (Å²) in [4.78, 5) is 4.09. The topological polar surface area (TPSA) is 61.2 Å². The number of nitrogens with zero attached hydrogens (tertiary/aromatic N) is 2. The lowest BCUT2D eigenvalue weighted by Crippen LogP contribution is -2.03. The lowest BCUT2D eigenvalue weighted by Gasteiger charge is -2.08. The van der Waals surface area contributed by atoms with Crippen LogP contribution in [0.25, 0.3) is 0 Å². The van der Waals surface area contributed by atoms with Gasteiger partial charge in [-0.15, -0.1) is 0 Å². The molecule has 1 aromatic heterocycles. The van der Waals surface area contributed by atoms with E-state index in [0.29, 0.717) is 12.4 Å². The molecule has 0 saturated heterocycles. The van der Waals surface area contributed by atoms with Gasteiger partial charge in [0.05, 0.1) is 23.1 Å². The quantitative estimate of drug-likeness (QED) is 0.796. The van der Waals surface area contributed by atoms with Gasteiger partial charge in [0.2, 0.25) is 0 Å². The van der Waals surface area contributed by atoms with Crippen molar-refractivity contribution in [3.05, 3.63) is 42.5 Å². The van der Waals surface area contributed by atoms with Crippen LogP contribution in [-0.4, -0.2) is 18.0 Å². The summed E-state index contributed by atoms with van der Waals surface area (Å²) in [7, 11) is 1.54. The summed E-state index contributed by atoms with van der Waals surface area (Å²) in [6, 6.07) is 5.97. The Morgan fingerprint density at radius 2 is 2.00 bits per heavy atom. The highest BCUT2D eigenvalue weighted by Crippen LogP contribution is 2.19. The number of imidazole rings is 1. The largest absolute Gasteiger partial charge is 0.487 e. The Labute approximate surface area is 116 Å². The zero-order valence-corrected chi connectivity index (χ0v) is 11.9. The highest BCUT2D eigenvalue weighted by atomic mass is 35.7. The first-order chi connectivity index (χ1) is 9.00. The first-order valence-corrected chi connectivity index (χ1v) is 7.98. The van der Waals surface area contributed by atoms with Crippen LogP contribution >= 0.6 is 10.7 Å². The van der Waals surface area contributed by atoms with E-state index in [4.69, 9.17) is 15.4 Å². The number of ether oxygens (including phenoxy) is 1. The van der Waals surface area contributed by atoms with Crippen molar-refractivity contribution in [2.75, 3.05) is 0 Å². The molecule has 102 valence electrons. The molecular formula is C12H13ClN2O3S. The van der Waals surface area contributed by atoms with Crippen LogP contribution in [0, 0.1) is 0 Å². The second-order valence-electron chi connectivity index (χ2n) is 3.87. The van der Waals surface area contributed by atoms with Crippen LogP contribution in [0.15, 0.2) is 41.7 Å². The molecule has 5 nitrogen and oxygen atoms in total. The Bertz CT molecular complexity index is 650. The van der Waals surface area contributed by atoms with Crippen LogP contribution < -0.4 is 4.74 Å². The van der Waals surface area contributed by atoms with Crippen LogP contribution in [0.2, 0.25) is 0 Å². The third kappa shape index (κ3) is 3.48. The van der Waals surface area contributed by atoms with E-state index in [0.717, 1.165) is 12.2 Å². The molecule has 2 rings (SSSR count). The number of hydrogen-bond donors (Lipinski definition) is 0. The maximum Gasteiger partial charge on any atom is 0.261 e. The maximum absolute atomic E-state index is 11.1. The van der Waals surface area contributed by atoms with E-state index in [1.54, 1.807) is 24.7 Å². The number of hydrogen-bond acceptors (Lipinski definition) is 4. The van der Waals surface area contributed by atoms with Gasteiger partial charge in [-0.3, -0.25) is 0 Å². The normalized spacial score (nSPS) is 11.5. The van der Waals surface area contributed by atoms with E-state index in [-0.39, 0.29) is 4.90 Å². The number of aromatic nitrogens is 2. The first-order valence-electron chi connectivity index (χ1n) is 5.67. The maximum atomic E-state index is 11.1. The molecule has 0 aliphatic carbocycles. The molecule has 1 heterocycles. The second kappa shape index (κ2) is 5.63. The Balaban J connectivity index is 2.05. The zero-order chi connectivity index (χ0) is 13.9. The van der Waals surface area contributed by atoms with Crippen molar-refractivity contribution in [3.8, 4) is 5.75 Å². The molecule has 0 unspecified atom stereocenters. The number of halogens is 1. The van der Waals surface area contributed by atoms with Crippen LogP contribution in [-0.2, 0) is 22.2 Å². The molecule has 0 atom stereocenters. The molecule has 7 heteroatoms. The molecular weight excluding hydrogens is 288 g/mol. The Hall–Kier alpha value is -1.53. The minimum Gasteiger partial charge on any atom is -0.487 e. The summed E-state index contributed by atoms with van der Waals surface area (Å²) in [5.41, 5.74) is 0.955. The second-order valence-corrected chi connectivity index (χ2v) is 6.43. The molecule has 1 aromatic carbocycles. The van der Waals surface area contributed by atoms with Crippen LogP contribution in [0.5, 0.6) is 5.75 Å². The molecule has 0 fully saturated rings. The van der Waals surface area contributed by atoms with Gasteiger partial charge in [-0.2, -0.15) is 0 Å². The molecule has 0 N–H and O–H groups in total. The minimum atomic E-state index is -3.69. The van der Waals surface area contributed by atoms with Crippen molar-refractivity contribution < 1.29 is 13.2 Å². The molecule has 0 radical (unpaired) electrons. The average Bonchev–Trinajstić information content (AvgIpc) is 2.83. The predicted octanol–water partition coefficient (Wildman–Crippen LogP) is 2.41. The molecule has 0 aliphatic heterocycles. The predicted molar refractivity (Wildman–Crippen MR) is 71.7 cm³/mol. The number of rotatable bonds is 5. The summed E-state index contributed by atoms with van der Waals surface area (Å²) in [5.74, 6) is 0.577. The SMILES string of the molecule is CCn1cncc1COc1ccc(S(=O)(=O)Cl)cc1. The molecule has 0 amide bonds. The number of benzene rings is 1. The molecule has 2 aromatic rings. The molecule has 0 saturated carbocycles. The van der Waals surface area contributed by atoms with Crippen LogP contribution in [0.3, 0.4) is 0 Å². The Morgan fingerprint density at radius 3 is 2.58 bits per heavy atom. The van der Waals surface area contributed by atoms with Gasteiger partial charge in [-0.25, -0.2) is 13.4 Å². The highest BCUT2D eigenvalue weighted by molar-refractivity contribution is 8.13. The van der Waals surface area contributed by atoms with Gasteiger partial charge < -0.3 is 9.30 Å². The van der Waals surface area contributed by atoms with E-state index in [9.17, 15) is 8.42 Å². The van der Waals surface area contributed by atoms with E-state index in [1.807, 2.05) is 11.5 Å². The van der Waals surface area contributed by atoms with Crippen molar-refractivity contribution in [2.45, 2.75) is 25.0 Å². The van der Waals surface area contributed by atoms with Gasteiger partial charge in [0.25, 0.3) is 9.05 Å². The smallest absolute Gasteiger partial charge is 0.261 e. The lowest BCUT2D eigenvalue weighted by atomic mass is 10.3. The Morgan fingerprint density at radius 1 is 1.32 bits per heavy atom. The van der Waals surface area contributed by atoms with Gasteiger partial charge >= 0.3 is 0 Å². The highest BCUT2D eigenvalue weighted by Gasteiger charge is 2.09. The third-order valence-electron chi connectivity index (χ3n) is 2.63. The zero-order valence-electron chi connectivity index (χ0n) is 10.3. The molecule has 19 heavy (non-hydrogen) atoms. The van der Waals surface area contributed by atoms with Crippen molar-refractivity contribution >= 4 is 19.7 Å². The third-order valence-corrected chi connectivity index (χ3v) is 4.00. The van der Waals surface area contributed by atoms with Crippen LogP contribution in [0.4, 0.5) is 0 Å². The number of aryl methyl sites for hydroxylation is 1. The lowest BCUT2D eigenvalue weighted by molar-refractivity contribution is 0.295. The van der Waals surface area contributed by atoms with Crippen molar-refractivity contribution in [1.82, 2.24) is 9.55 Å². The van der Waals surface area contributed by atoms with Crippen molar-refractivity contribution in [3.63, 3.8) is 0 Å². The van der Waals surface area contributed by atoms with Crippen molar-refractivity contribution in [2.24, 2.45) is 0 Å². The van der Waals surface area contributed by atoms with Gasteiger partial charge in [0.15, 0.2) is 0 Å². The average molecular weight is 301 g/mol. The fraction of sp³-hybridized carbons (Fsp3) is 0.250. The summed E-state index contributed by atoms with van der Waals surface area (Å²) >= 11 is 0. The minimum absolute atomic E-state index is 0.0557. The van der Waals surface area contributed by atoms with E-state index in [1.165, 1.54) is 12.1 Å². The molecule has 0 spiro atoms. The summed E-state index contributed by atoms with van der Waals surface area (Å²) in [6.07, 6.45) is 3.48. The first kappa shape index (κ1) is 13.9. The Kier molecular flexibility index (Phi) is 4.11. The molecule has 0 aliphatic rings. The van der Waals surface area contributed by atoms with Gasteiger partial charge in [0, 0.05) is 17.2 Å². The van der Waals surface area contributed by atoms with E-state index < -0.39 is 9.05 Å².